The average molecular weight is 313 g/mol. The second kappa shape index (κ2) is 6.75. The minimum absolute atomic E-state index is 0.0638. The van der Waals surface area contributed by atoms with E-state index in [9.17, 15) is 4.79 Å². The van der Waals surface area contributed by atoms with E-state index in [-0.39, 0.29) is 12.5 Å². The highest BCUT2D eigenvalue weighted by Gasteiger charge is 2.14. The largest absolute Gasteiger partial charge is 0.484 e. The van der Waals surface area contributed by atoms with Crippen LogP contribution in [0.4, 0.5) is 0 Å². The molecule has 0 bridgehead atoms. The first-order valence-corrected chi connectivity index (χ1v) is 6.92. The van der Waals surface area contributed by atoms with Gasteiger partial charge in [-0.05, 0) is 43.7 Å². The molecule has 4 nitrogen and oxygen atoms in total. The summed E-state index contributed by atoms with van der Waals surface area (Å²) in [6, 6.07) is 7.85. The highest BCUT2D eigenvalue weighted by atomic mass is 79.9. The van der Waals surface area contributed by atoms with Gasteiger partial charge < -0.3 is 15.4 Å². The van der Waals surface area contributed by atoms with Gasteiger partial charge in [0.1, 0.15) is 5.75 Å². The fraction of sp³-hybridized carbons (Fsp3) is 0.462. The topological polar surface area (TPSA) is 50.4 Å². The van der Waals surface area contributed by atoms with E-state index in [1.165, 1.54) is 6.42 Å². The molecule has 5 heteroatoms. The second-order valence-electron chi connectivity index (χ2n) is 4.34. The number of rotatable bonds is 5. The molecule has 1 aromatic rings. The van der Waals surface area contributed by atoms with Gasteiger partial charge in [-0.3, -0.25) is 4.79 Å². The molecule has 18 heavy (non-hydrogen) atoms. The van der Waals surface area contributed by atoms with Gasteiger partial charge in [0.25, 0.3) is 5.91 Å². The number of ether oxygens (including phenoxy) is 1. The molecule has 2 N–H and O–H groups in total. The zero-order valence-electron chi connectivity index (χ0n) is 10.1. The monoisotopic (exact) mass is 312 g/mol. The molecular weight excluding hydrogens is 296 g/mol. The third kappa shape index (κ3) is 4.31. The summed E-state index contributed by atoms with van der Waals surface area (Å²) in [5, 5.41) is 6.20. The van der Waals surface area contributed by atoms with Crippen LogP contribution in [-0.2, 0) is 4.79 Å². The molecule has 1 amide bonds. The highest BCUT2D eigenvalue weighted by Crippen LogP contribution is 2.15. The van der Waals surface area contributed by atoms with Gasteiger partial charge in [-0.1, -0.05) is 15.9 Å². The molecule has 1 atom stereocenters. The smallest absolute Gasteiger partial charge is 0.257 e. The Balaban J connectivity index is 1.66. The SMILES string of the molecule is O=C(COc1ccc(Br)cc1)NCC1CCCN1. The van der Waals surface area contributed by atoms with Crippen LogP contribution in [0.1, 0.15) is 12.8 Å². The van der Waals surface area contributed by atoms with E-state index in [4.69, 9.17) is 4.74 Å². The molecule has 1 fully saturated rings. The highest BCUT2D eigenvalue weighted by molar-refractivity contribution is 9.10. The lowest BCUT2D eigenvalue weighted by atomic mass is 10.2. The molecule has 0 aliphatic carbocycles. The van der Waals surface area contributed by atoms with Crippen LogP contribution in [0, 0.1) is 0 Å². The summed E-state index contributed by atoms with van der Waals surface area (Å²) >= 11 is 3.35. The van der Waals surface area contributed by atoms with Gasteiger partial charge in [0.05, 0.1) is 0 Å². The standard InChI is InChI=1S/C13H17BrN2O2/c14-10-3-5-12(6-4-10)18-9-13(17)16-8-11-2-1-7-15-11/h3-6,11,15H,1-2,7-9H2,(H,16,17). The van der Waals surface area contributed by atoms with E-state index in [0.29, 0.717) is 18.3 Å². The second-order valence-corrected chi connectivity index (χ2v) is 5.26. The molecule has 1 saturated heterocycles. The molecule has 0 spiro atoms. The fourth-order valence-corrected chi connectivity index (χ4v) is 2.16. The Bertz CT molecular complexity index is 388. The first kappa shape index (κ1) is 13.4. The van der Waals surface area contributed by atoms with E-state index in [1.54, 1.807) is 0 Å². The molecule has 1 aromatic carbocycles. The maximum absolute atomic E-state index is 11.6. The van der Waals surface area contributed by atoms with Crippen molar-refractivity contribution in [1.29, 1.82) is 0 Å². The Morgan fingerprint density at radius 2 is 2.22 bits per heavy atom. The van der Waals surface area contributed by atoms with Crippen molar-refractivity contribution in [3.8, 4) is 5.75 Å². The minimum atomic E-state index is -0.0772. The Labute approximate surface area is 115 Å². The van der Waals surface area contributed by atoms with Crippen molar-refractivity contribution in [2.45, 2.75) is 18.9 Å². The molecule has 0 radical (unpaired) electrons. The molecule has 1 unspecified atom stereocenters. The van der Waals surface area contributed by atoms with Crippen LogP contribution < -0.4 is 15.4 Å². The van der Waals surface area contributed by atoms with Gasteiger partial charge in [0.2, 0.25) is 0 Å². The van der Waals surface area contributed by atoms with Gasteiger partial charge in [-0.25, -0.2) is 0 Å². The van der Waals surface area contributed by atoms with E-state index in [2.05, 4.69) is 26.6 Å². The van der Waals surface area contributed by atoms with Crippen molar-refractivity contribution in [2.24, 2.45) is 0 Å². The van der Waals surface area contributed by atoms with Crippen LogP contribution in [0.5, 0.6) is 5.75 Å². The van der Waals surface area contributed by atoms with E-state index in [0.717, 1.165) is 17.4 Å². The number of carbonyl (C=O) groups is 1. The normalized spacial score (nSPS) is 18.6. The maximum atomic E-state index is 11.6. The van der Waals surface area contributed by atoms with Crippen LogP contribution in [0.3, 0.4) is 0 Å². The lowest BCUT2D eigenvalue weighted by molar-refractivity contribution is -0.123. The molecule has 1 heterocycles. The summed E-state index contributed by atoms with van der Waals surface area (Å²) in [6.07, 6.45) is 2.32. The lowest BCUT2D eigenvalue weighted by Gasteiger charge is -2.12. The lowest BCUT2D eigenvalue weighted by Crippen LogP contribution is -2.39. The number of hydrogen-bond acceptors (Lipinski definition) is 3. The van der Waals surface area contributed by atoms with Crippen molar-refractivity contribution in [3.05, 3.63) is 28.7 Å². The number of amides is 1. The molecular formula is C13H17BrN2O2. The van der Waals surface area contributed by atoms with Crippen molar-refractivity contribution in [1.82, 2.24) is 10.6 Å². The summed E-state index contributed by atoms with van der Waals surface area (Å²) in [5.74, 6) is 0.624. The zero-order chi connectivity index (χ0) is 12.8. The summed E-state index contributed by atoms with van der Waals surface area (Å²) in [6.45, 7) is 1.80. The van der Waals surface area contributed by atoms with E-state index < -0.39 is 0 Å². The Morgan fingerprint density at radius 3 is 2.89 bits per heavy atom. The van der Waals surface area contributed by atoms with E-state index in [1.807, 2.05) is 24.3 Å². The van der Waals surface area contributed by atoms with Crippen LogP contribution in [0.15, 0.2) is 28.7 Å². The third-order valence-corrected chi connectivity index (χ3v) is 3.42. The van der Waals surface area contributed by atoms with Crippen molar-refractivity contribution < 1.29 is 9.53 Å². The number of hydrogen-bond donors (Lipinski definition) is 2. The van der Waals surface area contributed by atoms with Crippen molar-refractivity contribution in [2.75, 3.05) is 19.7 Å². The number of halogens is 1. The number of nitrogens with one attached hydrogen (secondary N) is 2. The number of carbonyl (C=O) groups excluding carboxylic acids is 1. The third-order valence-electron chi connectivity index (χ3n) is 2.89. The van der Waals surface area contributed by atoms with Crippen molar-refractivity contribution >= 4 is 21.8 Å². The minimum Gasteiger partial charge on any atom is -0.484 e. The Hall–Kier alpha value is -1.07. The Kier molecular flexibility index (Phi) is 5.01. The van der Waals surface area contributed by atoms with Crippen LogP contribution in [0.25, 0.3) is 0 Å². The summed E-state index contributed by atoms with van der Waals surface area (Å²) in [5.41, 5.74) is 0. The van der Waals surface area contributed by atoms with Crippen LogP contribution in [-0.4, -0.2) is 31.6 Å². The van der Waals surface area contributed by atoms with Gasteiger partial charge >= 0.3 is 0 Å². The van der Waals surface area contributed by atoms with E-state index >= 15 is 0 Å². The summed E-state index contributed by atoms with van der Waals surface area (Å²) in [7, 11) is 0. The van der Waals surface area contributed by atoms with Gasteiger partial charge in [0.15, 0.2) is 6.61 Å². The first-order valence-electron chi connectivity index (χ1n) is 6.12. The quantitative estimate of drug-likeness (QED) is 0.870. The average Bonchev–Trinajstić information content (AvgIpc) is 2.89. The van der Waals surface area contributed by atoms with Crippen molar-refractivity contribution in [3.63, 3.8) is 0 Å². The van der Waals surface area contributed by atoms with Gasteiger partial charge in [0, 0.05) is 17.1 Å². The summed E-state index contributed by atoms with van der Waals surface area (Å²) in [4.78, 5) is 11.6. The predicted molar refractivity (Wildman–Crippen MR) is 73.7 cm³/mol. The number of benzene rings is 1. The van der Waals surface area contributed by atoms with Crippen LogP contribution >= 0.6 is 15.9 Å². The zero-order valence-corrected chi connectivity index (χ0v) is 11.7. The molecule has 0 saturated carbocycles. The fourth-order valence-electron chi connectivity index (χ4n) is 1.90. The molecule has 1 aliphatic heterocycles. The first-order chi connectivity index (χ1) is 8.74. The maximum Gasteiger partial charge on any atom is 0.257 e. The predicted octanol–water partition coefficient (Wildman–Crippen LogP) is 1.70. The Morgan fingerprint density at radius 1 is 1.44 bits per heavy atom. The molecule has 0 aromatic heterocycles. The van der Waals surface area contributed by atoms with Crippen LogP contribution in [0.2, 0.25) is 0 Å². The van der Waals surface area contributed by atoms with Gasteiger partial charge in [-0.2, -0.15) is 0 Å². The molecule has 1 aliphatic rings. The summed E-state index contributed by atoms with van der Waals surface area (Å²) < 4.78 is 6.38. The van der Waals surface area contributed by atoms with Gasteiger partial charge in [-0.15, -0.1) is 0 Å². The molecule has 2 rings (SSSR count). The molecule has 98 valence electrons.